The summed E-state index contributed by atoms with van der Waals surface area (Å²) in [6, 6.07) is 0.121. The van der Waals surface area contributed by atoms with Gasteiger partial charge in [0.1, 0.15) is 0 Å². The Kier molecular flexibility index (Phi) is 3.31. The van der Waals surface area contributed by atoms with Crippen LogP contribution >= 0.6 is 0 Å². The molecule has 0 unspecified atom stereocenters. The molecule has 2 saturated heterocycles. The number of carbonyl (C=O) groups excluding carboxylic acids is 2. The van der Waals surface area contributed by atoms with Crippen molar-refractivity contribution in [2.45, 2.75) is 44.7 Å². The molecule has 5 nitrogen and oxygen atoms in total. The molecule has 2 amide bonds. The standard InChI is InChI=1S/C11H18N2O3/c1-2-16-11(15)13-7-8-4-3-5-9(13)6-10(14)12-8/h8-9H,2-7H2,1H3,(H,12,14)/t8-,9-/m0/s1. The van der Waals surface area contributed by atoms with E-state index < -0.39 is 0 Å². The Morgan fingerprint density at radius 2 is 2.38 bits per heavy atom. The number of ether oxygens (including phenoxy) is 1. The highest BCUT2D eigenvalue weighted by Gasteiger charge is 2.35. The lowest BCUT2D eigenvalue weighted by atomic mass is 10.0. The zero-order valence-electron chi connectivity index (χ0n) is 9.57. The van der Waals surface area contributed by atoms with Crippen molar-refractivity contribution in [2.24, 2.45) is 0 Å². The molecule has 2 aliphatic heterocycles. The van der Waals surface area contributed by atoms with Crippen LogP contribution in [0.5, 0.6) is 0 Å². The summed E-state index contributed by atoms with van der Waals surface area (Å²) in [4.78, 5) is 25.0. The van der Waals surface area contributed by atoms with E-state index in [0.717, 1.165) is 19.3 Å². The fraction of sp³-hybridized carbons (Fsp3) is 0.818. The van der Waals surface area contributed by atoms with Gasteiger partial charge < -0.3 is 15.0 Å². The molecular formula is C11H18N2O3. The Bertz CT molecular complexity index is 293. The summed E-state index contributed by atoms with van der Waals surface area (Å²) in [5, 5.41) is 2.95. The van der Waals surface area contributed by atoms with Crippen molar-refractivity contribution in [3.05, 3.63) is 0 Å². The van der Waals surface area contributed by atoms with Crippen molar-refractivity contribution in [1.29, 1.82) is 0 Å². The Balaban J connectivity index is 2.12. The molecule has 2 rings (SSSR count). The molecule has 0 aromatic carbocycles. The number of rotatable bonds is 1. The fourth-order valence-corrected chi connectivity index (χ4v) is 2.49. The highest BCUT2D eigenvalue weighted by Crippen LogP contribution is 2.23. The summed E-state index contributed by atoms with van der Waals surface area (Å²) in [6.45, 7) is 2.77. The predicted molar refractivity (Wildman–Crippen MR) is 57.9 cm³/mol. The summed E-state index contributed by atoms with van der Waals surface area (Å²) < 4.78 is 5.03. The van der Waals surface area contributed by atoms with Gasteiger partial charge in [-0.2, -0.15) is 0 Å². The number of hydrogen-bond acceptors (Lipinski definition) is 3. The summed E-state index contributed by atoms with van der Waals surface area (Å²) in [7, 11) is 0. The van der Waals surface area contributed by atoms with E-state index in [1.807, 2.05) is 0 Å². The van der Waals surface area contributed by atoms with Crippen molar-refractivity contribution in [2.75, 3.05) is 13.2 Å². The third kappa shape index (κ3) is 2.28. The van der Waals surface area contributed by atoms with E-state index >= 15 is 0 Å². The summed E-state index contributed by atoms with van der Waals surface area (Å²) in [5.74, 6) is 0.0569. The van der Waals surface area contributed by atoms with E-state index in [9.17, 15) is 9.59 Å². The smallest absolute Gasteiger partial charge is 0.410 e. The van der Waals surface area contributed by atoms with Crippen LogP contribution in [0.4, 0.5) is 4.79 Å². The molecule has 0 saturated carbocycles. The molecule has 2 bridgehead atoms. The highest BCUT2D eigenvalue weighted by atomic mass is 16.6. The first kappa shape index (κ1) is 11.2. The molecule has 0 aromatic heterocycles. The predicted octanol–water partition coefficient (Wildman–Crippen LogP) is 0.886. The largest absolute Gasteiger partial charge is 0.450 e. The van der Waals surface area contributed by atoms with E-state index in [1.165, 1.54) is 0 Å². The van der Waals surface area contributed by atoms with Crippen molar-refractivity contribution in [3.8, 4) is 0 Å². The number of amides is 2. The van der Waals surface area contributed by atoms with Gasteiger partial charge >= 0.3 is 6.09 Å². The average Bonchev–Trinajstić information content (AvgIpc) is 2.47. The van der Waals surface area contributed by atoms with Crippen molar-refractivity contribution in [3.63, 3.8) is 0 Å². The molecule has 1 N–H and O–H groups in total. The molecule has 16 heavy (non-hydrogen) atoms. The lowest BCUT2D eigenvalue weighted by Crippen LogP contribution is -2.42. The molecule has 0 aromatic rings. The summed E-state index contributed by atoms with van der Waals surface area (Å²) >= 11 is 0. The Labute approximate surface area is 95.1 Å². The minimum absolute atomic E-state index is 0.0200. The van der Waals surface area contributed by atoms with Crippen LogP contribution in [-0.4, -0.2) is 42.1 Å². The third-order valence-electron chi connectivity index (χ3n) is 3.24. The van der Waals surface area contributed by atoms with Gasteiger partial charge in [0.05, 0.1) is 6.61 Å². The third-order valence-corrected chi connectivity index (χ3v) is 3.24. The van der Waals surface area contributed by atoms with E-state index in [0.29, 0.717) is 19.6 Å². The Hall–Kier alpha value is -1.26. The number of nitrogens with one attached hydrogen (secondary N) is 1. The molecular weight excluding hydrogens is 208 g/mol. The van der Waals surface area contributed by atoms with Crippen LogP contribution in [0.3, 0.4) is 0 Å². The van der Waals surface area contributed by atoms with Crippen LogP contribution in [0.2, 0.25) is 0 Å². The zero-order valence-corrected chi connectivity index (χ0v) is 9.57. The minimum Gasteiger partial charge on any atom is -0.450 e. The normalized spacial score (nSPS) is 29.3. The van der Waals surface area contributed by atoms with Crippen LogP contribution in [0.15, 0.2) is 0 Å². The monoisotopic (exact) mass is 226 g/mol. The SMILES string of the molecule is CCOC(=O)N1C[C@@H]2CCC[C@H]1CC(=O)N2. The molecule has 5 heteroatoms. The van der Waals surface area contributed by atoms with Crippen LogP contribution in [0, 0.1) is 0 Å². The molecule has 2 aliphatic rings. The molecule has 2 fully saturated rings. The number of fused-ring (bicyclic) bond motifs is 3. The zero-order chi connectivity index (χ0) is 11.5. The topological polar surface area (TPSA) is 58.6 Å². The number of nitrogens with zero attached hydrogens (tertiary/aromatic N) is 1. The lowest BCUT2D eigenvalue weighted by molar-refractivity contribution is -0.122. The van der Waals surface area contributed by atoms with Gasteiger partial charge in [0, 0.05) is 25.0 Å². The van der Waals surface area contributed by atoms with E-state index in [4.69, 9.17) is 4.74 Å². The molecule has 0 aliphatic carbocycles. The van der Waals surface area contributed by atoms with Gasteiger partial charge in [-0.3, -0.25) is 4.79 Å². The molecule has 90 valence electrons. The van der Waals surface area contributed by atoms with Gasteiger partial charge in [-0.15, -0.1) is 0 Å². The molecule has 2 atom stereocenters. The first-order valence-electron chi connectivity index (χ1n) is 5.93. The average molecular weight is 226 g/mol. The van der Waals surface area contributed by atoms with E-state index in [2.05, 4.69) is 5.32 Å². The quantitative estimate of drug-likeness (QED) is 0.722. The maximum absolute atomic E-state index is 11.8. The highest BCUT2D eigenvalue weighted by molar-refractivity contribution is 5.79. The van der Waals surface area contributed by atoms with Crippen LogP contribution in [-0.2, 0) is 9.53 Å². The second-order valence-electron chi connectivity index (χ2n) is 4.40. The second kappa shape index (κ2) is 4.72. The van der Waals surface area contributed by atoms with Gasteiger partial charge in [-0.25, -0.2) is 4.79 Å². The lowest BCUT2D eigenvalue weighted by Gasteiger charge is -2.27. The summed E-state index contributed by atoms with van der Waals surface area (Å²) in [5.41, 5.74) is 0. The van der Waals surface area contributed by atoms with Gasteiger partial charge in [0.25, 0.3) is 0 Å². The van der Waals surface area contributed by atoms with E-state index in [-0.39, 0.29) is 24.1 Å². The summed E-state index contributed by atoms with van der Waals surface area (Å²) in [6.07, 6.45) is 3.05. The van der Waals surface area contributed by atoms with Crippen molar-refractivity contribution in [1.82, 2.24) is 10.2 Å². The Morgan fingerprint density at radius 1 is 1.56 bits per heavy atom. The van der Waals surface area contributed by atoms with Gasteiger partial charge in [-0.1, -0.05) is 0 Å². The molecule has 2 heterocycles. The molecule has 0 spiro atoms. The fourth-order valence-electron chi connectivity index (χ4n) is 2.49. The van der Waals surface area contributed by atoms with Gasteiger partial charge in [-0.05, 0) is 26.2 Å². The minimum atomic E-state index is -0.282. The number of hydrogen-bond donors (Lipinski definition) is 1. The van der Waals surface area contributed by atoms with Crippen molar-refractivity contribution < 1.29 is 14.3 Å². The van der Waals surface area contributed by atoms with Crippen LogP contribution in [0.1, 0.15) is 32.6 Å². The van der Waals surface area contributed by atoms with Crippen LogP contribution < -0.4 is 5.32 Å². The Morgan fingerprint density at radius 3 is 3.12 bits per heavy atom. The maximum Gasteiger partial charge on any atom is 0.410 e. The van der Waals surface area contributed by atoms with Crippen molar-refractivity contribution >= 4 is 12.0 Å². The molecule has 0 radical (unpaired) electrons. The number of carbonyl (C=O) groups is 2. The van der Waals surface area contributed by atoms with Gasteiger partial charge in [0.15, 0.2) is 0 Å². The van der Waals surface area contributed by atoms with E-state index in [1.54, 1.807) is 11.8 Å². The van der Waals surface area contributed by atoms with Gasteiger partial charge in [0.2, 0.25) is 5.91 Å². The second-order valence-corrected chi connectivity index (χ2v) is 4.40. The first-order chi connectivity index (χ1) is 7.70. The first-order valence-corrected chi connectivity index (χ1v) is 5.93. The maximum atomic E-state index is 11.8. The van der Waals surface area contributed by atoms with Crippen LogP contribution in [0.25, 0.3) is 0 Å².